The first-order valence-electron chi connectivity index (χ1n) is 5.16. The summed E-state index contributed by atoms with van der Waals surface area (Å²) in [7, 11) is 0. The lowest BCUT2D eigenvalue weighted by molar-refractivity contribution is 0.224. The molecule has 1 fully saturated rings. The molecule has 0 saturated carbocycles. The molecule has 0 spiro atoms. The van der Waals surface area contributed by atoms with Gasteiger partial charge in [-0.3, -0.25) is 0 Å². The molecule has 1 nitrogen and oxygen atoms in total. The fourth-order valence-electron chi connectivity index (χ4n) is 1.77. The number of hydrogen-bond donors (Lipinski definition) is 0. The molecule has 12 heavy (non-hydrogen) atoms. The van der Waals surface area contributed by atoms with E-state index in [0.29, 0.717) is 0 Å². The van der Waals surface area contributed by atoms with Crippen molar-refractivity contribution >= 4 is 0 Å². The molecule has 0 aliphatic carbocycles. The third kappa shape index (κ3) is 4.76. The lowest BCUT2D eigenvalue weighted by Crippen LogP contribution is -2.30. The zero-order chi connectivity index (χ0) is 7.94. The number of hydrogen-bond acceptors (Lipinski definition) is 1. The zero-order valence-corrected chi connectivity index (χ0v) is 7.81. The molecule has 1 saturated heterocycles. The molecule has 1 heterocycles. The van der Waals surface area contributed by atoms with Crippen LogP contribution in [0.3, 0.4) is 0 Å². The highest BCUT2D eigenvalue weighted by Crippen LogP contribution is 2.09. The molecule has 0 aromatic heterocycles. The van der Waals surface area contributed by atoms with Crippen LogP contribution in [0.1, 0.15) is 52.9 Å². The highest BCUT2D eigenvalue weighted by molar-refractivity contribution is 4.63. The Kier molecular flexibility index (Phi) is 7.58. The molecule has 0 radical (unpaired) electrons. The van der Waals surface area contributed by atoms with E-state index in [2.05, 4.69) is 11.8 Å². The molecule has 74 valence electrons. The lowest BCUT2D eigenvalue weighted by atomic mass is 10.1. The number of unbranched alkanes of at least 4 members (excludes halogenated alkanes) is 2. The minimum atomic E-state index is 0. The maximum absolute atomic E-state index is 2.62. The molecule has 0 unspecified atom stereocenters. The summed E-state index contributed by atoms with van der Waals surface area (Å²) < 4.78 is 0. The quantitative estimate of drug-likeness (QED) is 0.587. The number of nitrogens with zero attached hydrogens (tertiary/aromatic N) is 1. The van der Waals surface area contributed by atoms with Crippen LogP contribution in [0.25, 0.3) is 0 Å². The second kappa shape index (κ2) is 7.60. The van der Waals surface area contributed by atoms with Crippen molar-refractivity contribution in [3.63, 3.8) is 0 Å². The highest BCUT2D eigenvalue weighted by Gasteiger charge is 2.08. The minimum Gasteiger partial charge on any atom is -0.303 e. The molecule has 1 heteroatoms. The second-order valence-electron chi connectivity index (χ2n) is 3.61. The van der Waals surface area contributed by atoms with E-state index in [-0.39, 0.29) is 7.43 Å². The summed E-state index contributed by atoms with van der Waals surface area (Å²) in [5.41, 5.74) is 0. The van der Waals surface area contributed by atoms with Crippen LogP contribution in [0.4, 0.5) is 0 Å². The van der Waals surface area contributed by atoms with Crippen LogP contribution in [0, 0.1) is 0 Å². The highest BCUT2D eigenvalue weighted by atomic mass is 15.1. The maximum Gasteiger partial charge on any atom is -0.00187 e. The summed E-state index contributed by atoms with van der Waals surface area (Å²) in [6.45, 7) is 6.36. The van der Waals surface area contributed by atoms with Crippen molar-refractivity contribution in [3.05, 3.63) is 0 Å². The van der Waals surface area contributed by atoms with Gasteiger partial charge >= 0.3 is 0 Å². The standard InChI is InChI=1S/C10H21N.CH4/c1-2-3-5-8-11-9-6-4-7-10-11;/h2-10H2,1H3;1H4. The van der Waals surface area contributed by atoms with E-state index < -0.39 is 0 Å². The lowest BCUT2D eigenvalue weighted by Gasteiger charge is -2.26. The normalized spacial score (nSPS) is 18.8. The predicted molar refractivity (Wildman–Crippen MR) is 56.5 cm³/mol. The van der Waals surface area contributed by atoms with Gasteiger partial charge in [-0.25, -0.2) is 0 Å². The van der Waals surface area contributed by atoms with Crippen LogP contribution in [-0.2, 0) is 0 Å². The van der Waals surface area contributed by atoms with Gasteiger partial charge in [0.25, 0.3) is 0 Å². The Morgan fingerprint density at radius 3 is 2.25 bits per heavy atom. The van der Waals surface area contributed by atoms with Crippen molar-refractivity contribution in [2.75, 3.05) is 19.6 Å². The fourth-order valence-corrected chi connectivity index (χ4v) is 1.77. The Morgan fingerprint density at radius 1 is 1.00 bits per heavy atom. The van der Waals surface area contributed by atoms with Crippen LogP contribution < -0.4 is 0 Å². The van der Waals surface area contributed by atoms with Crippen molar-refractivity contribution in [3.8, 4) is 0 Å². The third-order valence-electron chi connectivity index (χ3n) is 2.53. The first kappa shape index (κ1) is 12.0. The second-order valence-corrected chi connectivity index (χ2v) is 3.61. The Bertz CT molecular complexity index is 85.0. The summed E-state index contributed by atoms with van der Waals surface area (Å²) in [5.74, 6) is 0. The smallest absolute Gasteiger partial charge is 0.00187 e. The molecule has 0 aromatic carbocycles. The fraction of sp³-hybridized carbons (Fsp3) is 1.00. The van der Waals surface area contributed by atoms with Crippen molar-refractivity contribution < 1.29 is 0 Å². The van der Waals surface area contributed by atoms with Crippen LogP contribution in [-0.4, -0.2) is 24.5 Å². The van der Waals surface area contributed by atoms with E-state index in [1.165, 1.54) is 58.2 Å². The molecule has 1 rings (SSSR count). The SMILES string of the molecule is C.CCCCCN1CCCCC1. The van der Waals surface area contributed by atoms with Gasteiger partial charge in [0.15, 0.2) is 0 Å². The summed E-state index contributed by atoms with van der Waals surface area (Å²) in [6.07, 6.45) is 8.52. The van der Waals surface area contributed by atoms with E-state index in [9.17, 15) is 0 Å². The molecule has 0 aromatic rings. The maximum atomic E-state index is 2.62. The van der Waals surface area contributed by atoms with E-state index in [1.807, 2.05) is 0 Å². The van der Waals surface area contributed by atoms with Gasteiger partial charge in [0, 0.05) is 0 Å². The van der Waals surface area contributed by atoms with Crippen molar-refractivity contribution in [2.45, 2.75) is 52.9 Å². The van der Waals surface area contributed by atoms with E-state index in [0.717, 1.165) is 0 Å². The molecule has 0 bridgehead atoms. The molecule has 0 amide bonds. The first-order valence-corrected chi connectivity index (χ1v) is 5.16. The summed E-state index contributed by atoms with van der Waals surface area (Å²) in [6, 6.07) is 0. The van der Waals surface area contributed by atoms with Gasteiger partial charge < -0.3 is 4.90 Å². The molecule has 0 atom stereocenters. The summed E-state index contributed by atoms with van der Waals surface area (Å²) >= 11 is 0. The van der Waals surface area contributed by atoms with Gasteiger partial charge in [0.1, 0.15) is 0 Å². The van der Waals surface area contributed by atoms with Crippen LogP contribution in [0.15, 0.2) is 0 Å². The first-order chi connectivity index (χ1) is 5.43. The van der Waals surface area contributed by atoms with Crippen molar-refractivity contribution in [1.82, 2.24) is 4.90 Å². The molecular formula is C11H25N. The number of likely N-dealkylation sites (tertiary alicyclic amines) is 1. The van der Waals surface area contributed by atoms with Gasteiger partial charge in [0.05, 0.1) is 0 Å². The zero-order valence-electron chi connectivity index (χ0n) is 7.81. The van der Waals surface area contributed by atoms with Crippen molar-refractivity contribution in [1.29, 1.82) is 0 Å². The average Bonchev–Trinajstić information content (AvgIpc) is 2.07. The topological polar surface area (TPSA) is 3.24 Å². The summed E-state index contributed by atoms with van der Waals surface area (Å²) in [5, 5.41) is 0. The predicted octanol–water partition coefficient (Wildman–Crippen LogP) is 3.30. The largest absolute Gasteiger partial charge is 0.303 e. The average molecular weight is 171 g/mol. The molecular weight excluding hydrogens is 146 g/mol. The van der Waals surface area contributed by atoms with Gasteiger partial charge in [0.2, 0.25) is 0 Å². The Labute approximate surface area is 78.1 Å². The van der Waals surface area contributed by atoms with Gasteiger partial charge in [-0.15, -0.1) is 0 Å². The van der Waals surface area contributed by atoms with E-state index in [4.69, 9.17) is 0 Å². The van der Waals surface area contributed by atoms with Gasteiger partial charge in [-0.05, 0) is 38.9 Å². The number of piperidine rings is 1. The van der Waals surface area contributed by atoms with Gasteiger partial charge in [-0.2, -0.15) is 0 Å². The molecule has 1 aliphatic heterocycles. The Hall–Kier alpha value is -0.0400. The number of rotatable bonds is 4. The van der Waals surface area contributed by atoms with E-state index >= 15 is 0 Å². The van der Waals surface area contributed by atoms with Crippen molar-refractivity contribution in [2.24, 2.45) is 0 Å². The molecule has 1 aliphatic rings. The Balaban J connectivity index is 0.00000121. The van der Waals surface area contributed by atoms with Crippen LogP contribution >= 0.6 is 0 Å². The molecule has 0 N–H and O–H groups in total. The Morgan fingerprint density at radius 2 is 1.67 bits per heavy atom. The summed E-state index contributed by atoms with van der Waals surface area (Å²) in [4.78, 5) is 2.62. The minimum absolute atomic E-state index is 0. The van der Waals surface area contributed by atoms with E-state index in [1.54, 1.807) is 0 Å². The monoisotopic (exact) mass is 171 g/mol. The third-order valence-corrected chi connectivity index (χ3v) is 2.53. The van der Waals surface area contributed by atoms with Gasteiger partial charge in [-0.1, -0.05) is 33.6 Å². The van der Waals surface area contributed by atoms with Crippen LogP contribution in [0.5, 0.6) is 0 Å². The van der Waals surface area contributed by atoms with Crippen LogP contribution in [0.2, 0.25) is 0 Å².